The zero-order valence-electron chi connectivity index (χ0n) is 15.6. The van der Waals surface area contributed by atoms with E-state index in [0.717, 1.165) is 6.04 Å². The number of aliphatic hydroxyl groups is 1. The van der Waals surface area contributed by atoms with Crippen LogP contribution in [0.15, 0.2) is 0 Å². The Kier molecular flexibility index (Phi) is 6.83. The molecule has 7 nitrogen and oxygen atoms in total. The van der Waals surface area contributed by atoms with E-state index in [1.165, 1.54) is 0 Å². The molecule has 0 aromatic carbocycles. The van der Waals surface area contributed by atoms with Gasteiger partial charge in [0.15, 0.2) is 12.1 Å². The summed E-state index contributed by atoms with van der Waals surface area (Å²) >= 11 is 0. The lowest BCUT2D eigenvalue weighted by molar-refractivity contribution is -0.296. The topological polar surface area (TPSA) is 75.6 Å². The molecule has 0 aromatic heterocycles. The molecule has 142 valence electrons. The maximum absolute atomic E-state index is 9.55. The van der Waals surface area contributed by atoms with Gasteiger partial charge >= 0.3 is 0 Å². The second-order valence-corrected chi connectivity index (χ2v) is 13.6. The van der Waals surface area contributed by atoms with Crippen molar-refractivity contribution in [2.75, 3.05) is 27.1 Å². The van der Waals surface area contributed by atoms with Crippen LogP contribution in [0.5, 0.6) is 0 Å². The van der Waals surface area contributed by atoms with Crippen LogP contribution >= 0.6 is 0 Å². The highest BCUT2D eigenvalue weighted by molar-refractivity contribution is 6.76. The summed E-state index contributed by atoms with van der Waals surface area (Å²) < 4.78 is 34.5. The molecule has 0 radical (unpaired) electrons. The van der Waals surface area contributed by atoms with Crippen molar-refractivity contribution < 1.29 is 33.5 Å². The van der Waals surface area contributed by atoms with E-state index in [-0.39, 0.29) is 19.5 Å². The van der Waals surface area contributed by atoms with E-state index >= 15 is 0 Å². The average Bonchev–Trinajstić information content (AvgIpc) is 2.80. The van der Waals surface area contributed by atoms with Crippen LogP contribution in [0.1, 0.15) is 13.8 Å². The van der Waals surface area contributed by atoms with Crippen LogP contribution in [0.25, 0.3) is 0 Å². The Hall–Kier alpha value is -0.0631. The zero-order valence-corrected chi connectivity index (χ0v) is 16.6. The molecule has 2 heterocycles. The summed E-state index contributed by atoms with van der Waals surface area (Å²) in [4.78, 5) is 0. The van der Waals surface area contributed by atoms with Crippen LogP contribution in [0.3, 0.4) is 0 Å². The molecule has 2 fully saturated rings. The first-order valence-corrected chi connectivity index (χ1v) is 12.2. The van der Waals surface area contributed by atoms with E-state index in [4.69, 9.17) is 28.4 Å². The van der Waals surface area contributed by atoms with Gasteiger partial charge in [0.05, 0.1) is 6.61 Å². The molecule has 8 heteroatoms. The molecular weight excluding hydrogens is 332 g/mol. The van der Waals surface area contributed by atoms with Crippen molar-refractivity contribution in [3.63, 3.8) is 0 Å². The molecule has 0 unspecified atom stereocenters. The Labute approximate surface area is 145 Å². The molecule has 0 bridgehead atoms. The normalized spacial score (nSPS) is 35.9. The smallest absolute Gasteiger partial charge is 0.186 e. The summed E-state index contributed by atoms with van der Waals surface area (Å²) in [6, 6.07) is 1.08. The Morgan fingerprint density at radius 2 is 1.79 bits per heavy atom. The van der Waals surface area contributed by atoms with Crippen LogP contribution in [-0.4, -0.2) is 76.8 Å². The van der Waals surface area contributed by atoms with Gasteiger partial charge in [0.2, 0.25) is 0 Å². The van der Waals surface area contributed by atoms with Gasteiger partial charge in [-0.2, -0.15) is 0 Å². The fourth-order valence-electron chi connectivity index (χ4n) is 2.91. The van der Waals surface area contributed by atoms with Crippen LogP contribution in [0.2, 0.25) is 25.7 Å². The van der Waals surface area contributed by atoms with E-state index in [0.29, 0.717) is 6.61 Å². The van der Waals surface area contributed by atoms with Crippen molar-refractivity contribution in [1.29, 1.82) is 0 Å². The van der Waals surface area contributed by atoms with E-state index in [2.05, 4.69) is 19.6 Å². The van der Waals surface area contributed by atoms with Gasteiger partial charge in [-0.3, -0.25) is 0 Å². The molecule has 0 amide bonds. The Morgan fingerprint density at radius 3 is 2.38 bits per heavy atom. The summed E-state index contributed by atoms with van der Waals surface area (Å²) in [5, 5.41) is 9.55. The van der Waals surface area contributed by atoms with Crippen molar-refractivity contribution in [3.8, 4) is 0 Å². The van der Waals surface area contributed by atoms with Crippen LogP contribution in [0, 0.1) is 0 Å². The summed E-state index contributed by atoms with van der Waals surface area (Å²) in [6.45, 7) is 11.2. The molecule has 0 saturated carbocycles. The molecular formula is C16H32O7Si. The highest BCUT2D eigenvalue weighted by Gasteiger charge is 2.55. The van der Waals surface area contributed by atoms with Crippen molar-refractivity contribution in [2.24, 2.45) is 0 Å². The van der Waals surface area contributed by atoms with Gasteiger partial charge in [0, 0.05) is 21.8 Å². The van der Waals surface area contributed by atoms with Gasteiger partial charge in [0.25, 0.3) is 0 Å². The number of hydrogen-bond donors (Lipinski definition) is 1. The van der Waals surface area contributed by atoms with Crippen molar-refractivity contribution >= 4 is 8.07 Å². The number of aliphatic hydroxyl groups excluding tert-OH is 1. The molecule has 0 aromatic rings. The lowest BCUT2D eigenvalue weighted by Gasteiger charge is -2.40. The molecule has 5 atom stereocenters. The zero-order chi connectivity index (χ0) is 18.0. The van der Waals surface area contributed by atoms with Crippen molar-refractivity contribution in [3.05, 3.63) is 0 Å². The number of ether oxygens (including phenoxy) is 6. The Balaban J connectivity index is 1.93. The fourth-order valence-corrected chi connectivity index (χ4v) is 3.67. The molecule has 2 aliphatic rings. The number of hydrogen-bond acceptors (Lipinski definition) is 7. The minimum absolute atomic E-state index is 0.148. The molecule has 2 rings (SSSR count). The van der Waals surface area contributed by atoms with Gasteiger partial charge in [-0.25, -0.2) is 0 Å². The lowest BCUT2D eigenvalue weighted by atomic mass is 9.99. The second-order valence-electron chi connectivity index (χ2n) is 7.99. The highest BCUT2D eigenvalue weighted by atomic mass is 28.3. The van der Waals surface area contributed by atoms with E-state index in [1.54, 1.807) is 7.11 Å². The highest BCUT2D eigenvalue weighted by Crippen LogP contribution is 2.38. The van der Waals surface area contributed by atoms with Crippen LogP contribution in [0.4, 0.5) is 0 Å². The first-order valence-electron chi connectivity index (χ1n) is 8.51. The average molecular weight is 365 g/mol. The third-order valence-electron chi connectivity index (χ3n) is 4.18. The third-order valence-corrected chi connectivity index (χ3v) is 5.89. The molecule has 0 aliphatic carbocycles. The SMILES string of the molecule is CO[C@@H]1O[C@H](CO)[C@@H]2OC(C)(C)O[C@H]2[C@@H]1OCOCC[Si](C)(C)C. The standard InChI is InChI=1S/C16H32O7Si/c1-16(2)22-12-11(9-17)21-15(18-3)14(13(12)23-16)20-10-19-7-8-24(4,5)6/h11-15,17H,7-10H2,1-6H3/t11-,12+,13-,14+,15-/m1/s1. The summed E-state index contributed by atoms with van der Waals surface area (Å²) in [5.74, 6) is -0.755. The van der Waals surface area contributed by atoms with Gasteiger partial charge in [-0.1, -0.05) is 19.6 Å². The van der Waals surface area contributed by atoms with E-state index in [9.17, 15) is 5.11 Å². The molecule has 1 N–H and O–H groups in total. The van der Waals surface area contributed by atoms with Crippen LogP contribution in [-0.2, 0) is 28.4 Å². The van der Waals surface area contributed by atoms with Crippen molar-refractivity contribution in [2.45, 2.75) is 76.0 Å². The monoisotopic (exact) mass is 364 g/mol. The minimum atomic E-state index is -1.12. The molecule has 0 spiro atoms. The molecule has 2 aliphatic heterocycles. The van der Waals surface area contributed by atoms with E-state index in [1.807, 2.05) is 13.8 Å². The molecule has 2 saturated heterocycles. The predicted molar refractivity (Wildman–Crippen MR) is 90.4 cm³/mol. The first-order chi connectivity index (χ1) is 11.2. The first kappa shape index (κ1) is 20.3. The number of fused-ring (bicyclic) bond motifs is 1. The summed E-state index contributed by atoms with van der Waals surface area (Å²) in [7, 11) is 0.420. The quantitative estimate of drug-likeness (QED) is 0.398. The van der Waals surface area contributed by atoms with Crippen LogP contribution < -0.4 is 0 Å². The van der Waals surface area contributed by atoms with E-state index < -0.39 is 38.5 Å². The van der Waals surface area contributed by atoms with Gasteiger partial charge in [-0.05, 0) is 19.9 Å². The molecule has 24 heavy (non-hydrogen) atoms. The van der Waals surface area contributed by atoms with Crippen molar-refractivity contribution in [1.82, 2.24) is 0 Å². The van der Waals surface area contributed by atoms with Gasteiger partial charge in [-0.15, -0.1) is 0 Å². The summed E-state index contributed by atoms with van der Waals surface area (Å²) in [6.07, 6.45) is -2.40. The van der Waals surface area contributed by atoms with Gasteiger partial charge in [0.1, 0.15) is 31.2 Å². The second kappa shape index (κ2) is 8.09. The minimum Gasteiger partial charge on any atom is -0.394 e. The Bertz CT molecular complexity index is 398. The fraction of sp³-hybridized carbons (Fsp3) is 1.00. The lowest BCUT2D eigenvalue weighted by Crippen LogP contribution is -2.58. The predicted octanol–water partition coefficient (Wildman–Crippen LogP) is 1.57. The third kappa shape index (κ3) is 5.22. The Morgan fingerprint density at radius 1 is 1.12 bits per heavy atom. The largest absolute Gasteiger partial charge is 0.394 e. The maximum Gasteiger partial charge on any atom is 0.186 e. The van der Waals surface area contributed by atoms with Gasteiger partial charge < -0.3 is 33.5 Å². The number of methoxy groups -OCH3 is 1. The number of rotatable bonds is 8. The summed E-state index contributed by atoms with van der Waals surface area (Å²) in [5.41, 5.74) is 0. The maximum atomic E-state index is 9.55.